The van der Waals surface area contributed by atoms with E-state index in [1.54, 1.807) is 0 Å². The summed E-state index contributed by atoms with van der Waals surface area (Å²) < 4.78 is 2.05. The van der Waals surface area contributed by atoms with Gasteiger partial charge < -0.3 is 5.32 Å². The first-order valence-corrected chi connectivity index (χ1v) is 8.00. The molecule has 0 radical (unpaired) electrons. The van der Waals surface area contributed by atoms with Gasteiger partial charge in [-0.25, -0.2) is 0 Å². The summed E-state index contributed by atoms with van der Waals surface area (Å²) >= 11 is 0. The van der Waals surface area contributed by atoms with Crippen LogP contribution in [0.4, 0.5) is 0 Å². The van der Waals surface area contributed by atoms with Crippen molar-refractivity contribution in [1.29, 1.82) is 0 Å². The molecule has 1 aliphatic rings. The van der Waals surface area contributed by atoms with E-state index in [9.17, 15) is 0 Å². The minimum absolute atomic E-state index is 0.242. The highest BCUT2D eigenvalue weighted by atomic mass is 15.3. The minimum atomic E-state index is 0.242. The Bertz CT molecular complexity index is 426. The summed E-state index contributed by atoms with van der Waals surface area (Å²) in [4.78, 5) is 2.60. The fourth-order valence-corrected chi connectivity index (χ4v) is 2.91. The topological polar surface area (TPSA) is 33.1 Å². The van der Waals surface area contributed by atoms with E-state index < -0.39 is 0 Å². The SMILES string of the molecule is CCC1CNC(C)(CC)CN1Cc1ccn(C(C)C)n1. The van der Waals surface area contributed by atoms with Crippen molar-refractivity contribution in [1.82, 2.24) is 20.0 Å². The van der Waals surface area contributed by atoms with Crippen LogP contribution in [0.1, 0.15) is 59.2 Å². The normalized spacial score (nSPS) is 28.2. The van der Waals surface area contributed by atoms with E-state index in [4.69, 9.17) is 5.10 Å². The van der Waals surface area contributed by atoms with Crippen molar-refractivity contribution in [2.45, 2.75) is 71.6 Å². The molecule has 0 aliphatic carbocycles. The van der Waals surface area contributed by atoms with Crippen LogP contribution in [0.15, 0.2) is 12.3 Å². The predicted molar refractivity (Wildman–Crippen MR) is 83.8 cm³/mol. The summed E-state index contributed by atoms with van der Waals surface area (Å²) in [5, 5.41) is 8.42. The lowest BCUT2D eigenvalue weighted by atomic mass is 9.92. The summed E-state index contributed by atoms with van der Waals surface area (Å²) in [7, 11) is 0. The zero-order valence-electron chi connectivity index (χ0n) is 13.7. The molecule has 20 heavy (non-hydrogen) atoms. The first-order valence-electron chi connectivity index (χ1n) is 8.00. The smallest absolute Gasteiger partial charge is 0.0765 e. The largest absolute Gasteiger partial charge is 0.309 e. The maximum Gasteiger partial charge on any atom is 0.0765 e. The van der Waals surface area contributed by atoms with E-state index in [2.05, 4.69) is 61.8 Å². The van der Waals surface area contributed by atoms with E-state index in [1.807, 2.05) is 0 Å². The molecule has 0 saturated carbocycles. The van der Waals surface area contributed by atoms with Crippen LogP contribution in [0.5, 0.6) is 0 Å². The number of hydrogen-bond acceptors (Lipinski definition) is 3. The molecule has 1 aromatic rings. The van der Waals surface area contributed by atoms with E-state index in [1.165, 1.54) is 18.5 Å². The maximum absolute atomic E-state index is 4.70. The fourth-order valence-electron chi connectivity index (χ4n) is 2.91. The van der Waals surface area contributed by atoms with Crippen LogP contribution in [0.2, 0.25) is 0 Å². The highest BCUT2D eigenvalue weighted by Gasteiger charge is 2.33. The molecule has 1 N–H and O–H groups in total. The van der Waals surface area contributed by atoms with Gasteiger partial charge >= 0.3 is 0 Å². The Morgan fingerprint density at radius 2 is 2.20 bits per heavy atom. The van der Waals surface area contributed by atoms with Crippen LogP contribution in [0.25, 0.3) is 0 Å². The van der Waals surface area contributed by atoms with Crippen LogP contribution in [-0.2, 0) is 6.54 Å². The van der Waals surface area contributed by atoms with Gasteiger partial charge in [-0.2, -0.15) is 5.10 Å². The van der Waals surface area contributed by atoms with Crippen molar-refractivity contribution < 1.29 is 0 Å². The monoisotopic (exact) mass is 278 g/mol. The van der Waals surface area contributed by atoms with Crippen molar-refractivity contribution in [2.24, 2.45) is 0 Å². The summed E-state index contributed by atoms with van der Waals surface area (Å²) in [6.45, 7) is 14.4. The van der Waals surface area contributed by atoms with Gasteiger partial charge in [-0.05, 0) is 39.7 Å². The van der Waals surface area contributed by atoms with E-state index in [0.29, 0.717) is 12.1 Å². The van der Waals surface area contributed by atoms with Crippen LogP contribution < -0.4 is 5.32 Å². The Morgan fingerprint density at radius 3 is 2.75 bits per heavy atom. The molecule has 4 heteroatoms. The van der Waals surface area contributed by atoms with Gasteiger partial charge in [0, 0.05) is 43.5 Å². The molecule has 114 valence electrons. The van der Waals surface area contributed by atoms with Crippen LogP contribution in [0.3, 0.4) is 0 Å². The molecule has 0 bridgehead atoms. The first kappa shape index (κ1) is 15.5. The second-order valence-electron chi connectivity index (χ2n) is 6.64. The van der Waals surface area contributed by atoms with Crippen LogP contribution >= 0.6 is 0 Å². The highest BCUT2D eigenvalue weighted by Crippen LogP contribution is 2.22. The Hall–Kier alpha value is -0.870. The summed E-state index contributed by atoms with van der Waals surface area (Å²) in [6.07, 6.45) is 4.46. The third kappa shape index (κ3) is 3.41. The molecule has 1 aliphatic heterocycles. The van der Waals surface area contributed by atoms with Gasteiger partial charge in [-0.15, -0.1) is 0 Å². The zero-order chi connectivity index (χ0) is 14.8. The van der Waals surface area contributed by atoms with Gasteiger partial charge in [0.25, 0.3) is 0 Å². The molecule has 1 fully saturated rings. The van der Waals surface area contributed by atoms with Gasteiger partial charge in [0.2, 0.25) is 0 Å². The van der Waals surface area contributed by atoms with Crippen molar-refractivity contribution >= 4 is 0 Å². The number of nitrogens with one attached hydrogen (secondary N) is 1. The highest BCUT2D eigenvalue weighted by molar-refractivity contribution is 5.02. The number of hydrogen-bond donors (Lipinski definition) is 1. The zero-order valence-corrected chi connectivity index (χ0v) is 13.7. The molecule has 0 aromatic carbocycles. The summed E-state index contributed by atoms with van der Waals surface area (Å²) in [5.41, 5.74) is 1.43. The predicted octanol–water partition coefficient (Wildman–Crippen LogP) is 2.82. The van der Waals surface area contributed by atoms with E-state index in [-0.39, 0.29) is 5.54 Å². The lowest BCUT2D eigenvalue weighted by molar-refractivity contribution is 0.0742. The Kier molecular flexibility index (Phi) is 4.86. The third-order valence-electron chi connectivity index (χ3n) is 4.64. The molecule has 2 heterocycles. The lowest BCUT2D eigenvalue weighted by Gasteiger charge is -2.45. The fraction of sp³-hybridized carbons (Fsp3) is 0.812. The number of nitrogens with zero attached hydrogens (tertiary/aromatic N) is 3. The molecule has 1 saturated heterocycles. The molecule has 0 amide bonds. The van der Waals surface area contributed by atoms with Gasteiger partial charge in [0.15, 0.2) is 0 Å². The lowest BCUT2D eigenvalue weighted by Crippen LogP contribution is -2.62. The summed E-state index contributed by atoms with van der Waals surface area (Å²) in [5.74, 6) is 0. The number of piperazine rings is 1. The van der Waals surface area contributed by atoms with E-state index >= 15 is 0 Å². The molecule has 2 unspecified atom stereocenters. The van der Waals surface area contributed by atoms with Crippen molar-refractivity contribution in [3.63, 3.8) is 0 Å². The second kappa shape index (κ2) is 6.27. The molecular formula is C16H30N4. The quantitative estimate of drug-likeness (QED) is 0.899. The Balaban J connectivity index is 2.07. The van der Waals surface area contributed by atoms with Gasteiger partial charge in [-0.1, -0.05) is 13.8 Å². The van der Waals surface area contributed by atoms with Crippen LogP contribution in [0, 0.1) is 0 Å². The third-order valence-corrected chi connectivity index (χ3v) is 4.64. The van der Waals surface area contributed by atoms with Crippen molar-refractivity contribution in [2.75, 3.05) is 13.1 Å². The standard InChI is InChI=1S/C16H30N4/c1-6-15-10-17-16(5,7-2)12-19(15)11-14-8-9-20(18-14)13(3)4/h8-9,13,15,17H,6-7,10-12H2,1-5H3. The molecule has 2 atom stereocenters. The molecule has 1 aromatic heterocycles. The average molecular weight is 278 g/mol. The molecule has 0 spiro atoms. The number of rotatable bonds is 5. The van der Waals surface area contributed by atoms with Gasteiger partial charge in [0.1, 0.15) is 0 Å². The minimum Gasteiger partial charge on any atom is -0.309 e. The molecule has 2 rings (SSSR count). The van der Waals surface area contributed by atoms with Gasteiger partial charge in [0.05, 0.1) is 5.69 Å². The average Bonchev–Trinajstić information content (AvgIpc) is 2.88. The van der Waals surface area contributed by atoms with Crippen molar-refractivity contribution in [3.05, 3.63) is 18.0 Å². The first-order chi connectivity index (χ1) is 9.47. The second-order valence-corrected chi connectivity index (χ2v) is 6.64. The van der Waals surface area contributed by atoms with Gasteiger partial charge in [-0.3, -0.25) is 9.58 Å². The summed E-state index contributed by atoms with van der Waals surface area (Å²) in [6, 6.07) is 3.23. The maximum atomic E-state index is 4.70. The molecular weight excluding hydrogens is 248 g/mol. The Labute approximate surface area is 123 Å². The number of aromatic nitrogens is 2. The Morgan fingerprint density at radius 1 is 1.45 bits per heavy atom. The molecule has 4 nitrogen and oxygen atoms in total. The van der Waals surface area contributed by atoms with Crippen molar-refractivity contribution in [3.8, 4) is 0 Å². The van der Waals surface area contributed by atoms with E-state index in [0.717, 1.165) is 19.6 Å². The van der Waals surface area contributed by atoms with Crippen LogP contribution in [-0.4, -0.2) is 39.4 Å².